The van der Waals surface area contributed by atoms with Gasteiger partial charge in [-0.1, -0.05) is 0 Å². The molecule has 1 fully saturated rings. The molecule has 1 aliphatic heterocycles. The molecule has 0 saturated carbocycles. The predicted molar refractivity (Wildman–Crippen MR) is 41.0 cm³/mol. The molecule has 0 amide bonds. The first-order valence-electron chi connectivity index (χ1n) is 4.02. The Bertz CT molecular complexity index is 114. The van der Waals surface area contributed by atoms with E-state index in [2.05, 4.69) is 11.8 Å². The molecular weight excluding hydrogens is 126 g/mol. The fraction of sp³-hybridized carbons (Fsp3) is 0.875. The van der Waals surface area contributed by atoms with Gasteiger partial charge < -0.3 is 9.69 Å². The summed E-state index contributed by atoms with van der Waals surface area (Å²) in [5, 5.41) is 0. The number of rotatable bonds is 3. The Balaban J connectivity index is 2.19. The molecule has 2 nitrogen and oxygen atoms in total. The van der Waals surface area contributed by atoms with Gasteiger partial charge in [-0.15, -0.1) is 0 Å². The van der Waals surface area contributed by atoms with Crippen molar-refractivity contribution in [2.75, 3.05) is 13.1 Å². The molecule has 0 radical (unpaired) electrons. The van der Waals surface area contributed by atoms with Gasteiger partial charge in [0.1, 0.15) is 6.29 Å². The quantitative estimate of drug-likeness (QED) is 0.548. The summed E-state index contributed by atoms with van der Waals surface area (Å²) in [7, 11) is 0. The van der Waals surface area contributed by atoms with E-state index in [0.29, 0.717) is 12.5 Å². The van der Waals surface area contributed by atoms with Crippen LogP contribution in [0.1, 0.15) is 26.2 Å². The number of aldehydes is 1. The summed E-state index contributed by atoms with van der Waals surface area (Å²) in [6.45, 7) is 4.39. The Kier molecular flexibility index (Phi) is 2.87. The second-order valence-electron chi connectivity index (χ2n) is 2.98. The smallest absolute Gasteiger partial charge is 0.121 e. The fourth-order valence-electron chi connectivity index (χ4n) is 1.54. The number of carbonyl (C=O) groups is 1. The van der Waals surface area contributed by atoms with Crippen LogP contribution in [0.2, 0.25) is 0 Å². The second kappa shape index (κ2) is 3.71. The van der Waals surface area contributed by atoms with Gasteiger partial charge in [-0.2, -0.15) is 0 Å². The third-order valence-corrected chi connectivity index (χ3v) is 2.22. The van der Waals surface area contributed by atoms with Crippen molar-refractivity contribution in [1.82, 2.24) is 4.90 Å². The summed E-state index contributed by atoms with van der Waals surface area (Å²) in [5.41, 5.74) is 0. The number of likely N-dealkylation sites (tertiary alicyclic amines) is 1. The normalized spacial score (nSPS) is 27.1. The minimum absolute atomic E-state index is 0.699. The molecule has 0 aromatic rings. The van der Waals surface area contributed by atoms with Crippen molar-refractivity contribution in [1.29, 1.82) is 0 Å². The van der Waals surface area contributed by atoms with E-state index in [9.17, 15) is 4.79 Å². The molecular formula is C8H15NO. The summed E-state index contributed by atoms with van der Waals surface area (Å²) in [5.74, 6) is 0. The highest BCUT2D eigenvalue weighted by Crippen LogP contribution is 2.15. The molecule has 0 aromatic carbocycles. The molecule has 0 aliphatic carbocycles. The van der Waals surface area contributed by atoms with Crippen LogP contribution in [0.3, 0.4) is 0 Å². The van der Waals surface area contributed by atoms with Crippen molar-refractivity contribution in [2.24, 2.45) is 0 Å². The van der Waals surface area contributed by atoms with Crippen molar-refractivity contribution >= 4 is 6.29 Å². The van der Waals surface area contributed by atoms with E-state index in [1.165, 1.54) is 19.4 Å². The molecule has 1 heterocycles. The molecule has 1 atom stereocenters. The maximum absolute atomic E-state index is 10.0. The van der Waals surface area contributed by atoms with Crippen LogP contribution < -0.4 is 0 Å². The Morgan fingerprint density at radius 1 is 1.70 bits per heavy atom. The van der Waals surface area contributed by atoms with Crippen LogP contribution >= 0.6 is 0 Å². The molecule has 10 heavy (non-hydrogen) atoms. The fourth-order valence-corrected chi connectivity index (χ4v) is 1.54. The first-order valence-corrected chi connectivity index (χ1v) is 4.02. The standard InChI is InChI=1S/C8H15NO/c1-8-4-2-5-9(8)6-3-7-10/h7-8H,2-6H2,1H3/t8-/m0/s1. The lowest BCUT2D eigenvalue weighted by Crippen LogP contribution is -2.27. The molecule has 0 bridgehead atoms. The first-order chi connectivity index (χ1) is 4.84. The predicted octanol–water partition coefficient (Wildman–Crippen LogP) is 1.06. The van der Waals surface area contributed by atoms with Crippen LogP contribution in [0.15, 0.2) is 0 Å². The summed E-state index contributed by atoms with van der Waals surface area (Å²) < 4.78 is 0. The number of nitrogens with zero attached hydrogens (tertiary/aromatic N) is 1. The lowest BCUT2D eigenvalue weighted by molar-refractivity contribution is -0.108. The van der Waals surface area contributed by atoms with Crippen molar-refractivity contribution in [2.45, 2.75) is 32.2 Å². The van der Waals surface area contributed by atoms with Crippen molar-refractivity contribution < 1.29 is 4.79 Å². The van der Waals surface area contributed by atoms with E-state index >= 15 is 0 Å². The highest BCUT2D eigenvalue weighted by Gasteiger charge is 2.18. The van der Waals surface area contributed by atoms with Gasteiger partial charge >= 0.3 is 0 Å². The van der Waals surface area contributed by atoms with E-state index in [1.54, 1.807) is 0 Å². The summed E-state index contributed by atoms with van der Waals surface area (Å²) in [6.07, 6.45) is 4.31. The molecule has 1 aliphatic rings. The third kappa shape index (κ3) is 1.81. The van der Waals surface area contributed by atoms with Crippen LogP contribution in [-0.2, 0) is 4.79 Å². The Labute approximate surface area is 62.2 Å². The van der Waals surface area contributed by atoms with E-state index in [1.807, 2.05) is 0 Å². The van der Waals surface area contributed by atoms with Gasteiger partial charge in [0.15, 0.2) is 0 Å². The maximum Gasteiger partial charge on any atom is 0.121 e. The summed E-state index contributed by atoms with van der Waals surface area (Å²) >= 11 is 0. The van der Waals surface area contributed by atoms with E-state index in [4.69, 9.17) is 0 Å². The Hall–Kier alpha value is -0.370. The largest absolute Gasteiger partial charge is 0.303 e. The van der Waals surface area contributed by atoms with Gasteiger partial charge in [-0.3, -0.25) is 0 Å². The minimum Gasteiger partial charge on any atom is -0.303 e. The third-order valence-electron chi connectivity index (χ3n) is 2.22. The zero-order valence-corrected chi connectivity index (χ0v) is 6.55. The van der Waals surface area contributed by atoms with Crippen molar-refractivity contribution in [3.05, 3.63) is 0 Å². The van der Waals surface area contributed by atoms with E-state index < -0.39 is 0 Å². The molecule has 1 rings (SSSR count). The molecule has 0 spiro atoms. The SMILES string of the molecule is C[C@H]1CCCN1CCC=O. The monoisotopic (exact) mass is 141 g/mol. The number of hydrogen-bond acceptors (Lipinski definition) is 2. The minimum atomic E-state index is 0.699. The van der Waals surface area contributed by atoms with Crippen LogP contribution in [0, 0.1) is 0 Å². The number of hydrogen-bond donors (Lipinski definition) is 0. The van der Waals surface area contributed by atoms with Crippen molar-refractivity contribution in [3.63, 3.8) is 0 Å². The van der Waals surface area contributed by atoms with Gasteiger partial charge in [-0.25, -0.2) is 0 Å². The zero-order valence-electron chi connectivity index (χ0n) is 6.55. The van der Waals surface area contributed by atoms with E-state index in [-0.39, 0.29) is 0 Å². The Morgan fingerprint density at radius 2 is 2.50 bits per heavy atom. The summed E-state index contributed by atoms with van der Waals surface area (Å²) in [6, 6.07) is 0.708. The van der Waals surface area contributed by atoms with Crippen LogP contribution in [0.5, 0.6) is 0 Å². The number of carbonyl (C=O) groups excluding carboxylic acids is 1. The van der Waals surface area contributed by atoms with Crippen LogP contribution in [-0.4, -0.2) is 30.3 Å². The lowest BCUT2D eigenvalue weighted by Gasteiger charge is -2.18. The van der Waals surface area contributed by atoms with Gasteiger partial charge in [0.05, 0.1) is 0 Å². The Morgan fingerprint density at radius 3 is 3.00 bits per heavy atom. The van der Waals surface area contributed by atoms with Gasteiger partial charge in [0.25, 0.3) is 0 Å². The molecule has 58 valence electrons. The van der Waals surface area contributed by atoms with Crippen LogP contribution in [0.25, 0.3) is 0 Å². The second-order valence-corrected chi connectivity index (χ2v) is 2.98. The highest BCUT2D eigenvalue weighted by molar-refractivity contribution is 5.49. The molecule has 2 heteroatoms. The zero-order chi connectivity index (χ0) is 7.40. The average Bonchev–Trinajstić information content (AvgIpc) is 2.31. The summed E-state index contributed by atoms with van der Waals surface area (Å²) in [4.78, 5) is 12.4. The molecule has 1 saturated heterocycles. The van der Waals surface area contributed by atoms with Gasteiger partial charge in [-0.05, 0) is 26.3 Å². The highest BCUT2D eigenvalue weighted by atomic mass is 16.1. The van der Waals surface area contributed by atoms with Crippen LogP contribution in [0.4, 0.5) is 0 Å². The molecule has 0 unspecified atom stereocenters. The van der Waals surface area contributed by atoms with E-state index in [0.717, 1.165) is 12.8 Å². The molecule has 0 aromatic heterocycles. The maximum atomic E-state index is 10.0. The molecule has 0 N–H and O–H groups in total. The topological polar surface area (TPSA) is 20.3 Å². The van der Waals surface area contributed by atoms with Gasteiger partial charge in [0, 0.05) is 19.0 Å². The average molecular weight is 141 g/mol. The first kappa shape index (κ1) is 7.73. The van der Waals surface area contributed by atoms with Gasteiger partial charge in [0.2, 0.25) is 0 Å². The lowest BCUT2D eigenvalue weighted by atomic mass is 10.2. The van der Waals surface area contributed by atoms with Crippen molar-refractivity contribution in [3.8, 4) is 0 Å².